The van der Waals surface area contributed by atoms with Crippen LogP contribution in [-0.2, 0) is 33.9 Å². The number of aryl methyl sites for hydroxylation is 4. The number of benzene rings is 4. The Hall–Kier alpha value is -4.47. The molecule has 4 aromatic carbocycles. The SMILES string of the molecule is CCc1cc(Oc2[c-]c3c(cc2)c2cc(CCC(C)(C)C)ccc2n3-c2cc(C)ccn2)[c-]c(-n2nc(C)c(-c3ccccc3)c2C)c1.[Pt+2]. The Labute approximate surface area is 304 Å². The minimum Gasteiger partial charge on any atom is -0.509 e. The summed E-state index contributed by atoms with van der Waals surface area (Å²) in [7, 11) is 0. The monoisotopic (exact) mass is 825 g/mol. The zero-order valence-electron chi connectivity index (χ0n) is 29.3. The number of ether oxygens (including phenoxy) is 1. The van der Waals surface area contributed by atoms with Gasteiger partial charge >= 0.3 is 21.1 Å². The van der Waals surface area contributed by atoms with Crippen molar-refractivity contribution >= 4 is 21.8 Å². The molecule has 49 heavy (non-hydrogen) atoms. The Balaban J connectivity index is 0.00000417. The van der Waals surface area contributed by atoms with E-state index in [1.54, 1.807) is 0 Å². The average Bonchev–Trinajstić information content (AvgIpc) is 3.55. The van der Waals surface area contributed by atoms with Gasteiger partial charge in [0.15, 0.2) is 0 Å². The van der Waals surface area contributed by atoms with Crippen LogP contribution in [0.3, 0.4) is 0 Å². The van der Waals surface area contributed by atoms with E-state index in [1.165, 1.54) is 10.9 Å². The fraction of sp³-hybridized carbons (Fsp3) is 0.256. The molecule has 3 aromatic heterocycles. The first-order valence-electron chi connectivity index (χ1n) is 16.9. The Kier molecular flexibility index (Phi) is 9.69. The van der Waals surface area contributed by atoms with Crippen LogP contribution in [0, 0.1) is 38.3 Å². The van der Waals surface area contributed by atoms with Gasteiger partial charge in [-0.25, -0.2) is 4.98 Å². The zero-order chi connectivity index (χ0) is 33.6. The third-order valence-electron chi connectivity index (χ3n) is 9.11. The largest absolute Gasteiger partial charge is 2.00 e. The van der Waals surface area contributed by atoms with Crippen LogP contribution >= 0.6 is 0 Å². The summed E-state index contributed by atoms with van der Waals surface area (Å²) in [6.45, 7) is 15.3. The average molecular weight is 826 g/mol. The summed E-state index contributed by atoms with van der Waals surface area (Å²) in [5, 5.41) is 7.27. The maximum atomic E-state index is 6.58. The van der Waals surface area contributed by atoms with Crippen molar-refractivity contribution in [3.05, 3.63) is 131 Å². The van der Waals surface area contributed by atoms with Gasteiger partial charge in [-0.05, 0) is 85.0 Å². The Bertz CT molecular complexity index is 2270. The summed E-state index contributed by atoms with van der Waals surface area (Å²) in [5.41, 5.74) is 11.2. The van der Waals surface area contributed by atoms with Crippen molar-refractivity contribution in [1.29, 1.82) is 0 Å². The Morgan fingerprint density at radius 2 is 1.59 bits per heavy atom. The van der Waals surface area contributed by atoms with Crippen molar-refractivity contribution in [1.82, 2.24) is 19.3 Å². The molecule has 5 nitrogen and oxygen atoms in total. The van der Waals surface area contributed by atoms with Gasteiger partial charge in [0.05, 0.1) is 5.69 Å². The van der Waals surface area contributed by atoms with Crippen LogP contribution in [-0.4, -0.2) is 19.3 Å². The van der Waals surface area contributed by atoms with Crippen LogP contribution in [0.4, 0.5) is 0 Å². The number of hydrogen-bond donors (Lipinski definition) is 0. The van der Waals surface area contributed by atoms with Crippen molar-refractivity contribution in [2.75, 3.05) is 0 Å². The molecule has 250 valence electrons. The molecule has 0 aliphatic rings. The van der Waals surface area contributed by atoms with Gasteiger partial charge in [-0.2, -0.15) is 16.7 Å². The number of rotatable bonds is 8. The Morgan fingerprint density at radius 3 is 2.33 bits per heavy atom. The number of pyridine rings is 1. The molecule has 0 aliphatic heterocycles. The molecule has 0 radical (unpaired) electrons. The summed E-state index contributed by atoms with van der Waals surface area (Å²) in [5.74, 6) is 2.13. The van der Waals surface area contributed by atoms with Gasteiger partial charge in [0.1, 0.15) is 5.82 Å². The second-order valence-corrected chi connectivity index (χ2v) is 14.0. The van der Waals surface area contributed by atoms with Crippen LogP contribution in [0.15, 0.2) is 91.1 Å². The number of nitrogens with zero attached hydrogens (tertiary/aromatic N) is 4. The molecule has 0 saturated carbocycles. The van der Waals surface area contributed by atoms with Crippen LogP contribution < -0.4 is 4.74 Å². The summed E-state index contributed by atoms with van der Waals surface area (Å²) in [6.07, 6.45) is 4.89. The van der Waals surface area contributed by atoms with Crippen LogP contribution in [0.5, 0.6) is 11.5 Å². The minimum absolute atomic E-state index is 0. The second-order valence-electron chi connectivity index (χ2n) is 14.0. The first-order valence-corrected chi connectivity index (χ1v) is 16.9. The quantitative estimate of drug-likeness (QED) is 0.143. The molecule has 0 fully saturated rings. The topological polar surface area (TPSA) is 44.9 Å². The smallest absolute Gasteiger partial charge is 0.509 e. The van der Waals surface area contributed by atoms with Gasteiger partial charge in [-0.15, -0.1) is 35.7 Å². The number of fused-ring (bicyclic) bond motifs is 3. The van der Waals surface area contributed by atoms with Gasteiger partial charge in [0.25, 0.3) is 0 Å². The molecular formula is C43H42N4OPt. The van der Waals surface area contributed by atoms with E-state index in [-0.39, 0.29) is 26.5 Å². The molecule has 0 amide bonds. The van der Waals surface area contributed by atoms with Crippen LogP contribution in [0.25, 0.3) is 44.4 Å². The molecule has 0 bridgehead atoms. The predicted octanol–water partition coefficient (Wildman–Crippen LogP) is 10.9. The summed E-state index contributed by atoms with van der Waals surface area (Å²) in [4.78, 5) is 4.78. The molecule has 6 heteroatoms. The predicted molar refractivity (Wildman–Crippen MR) is 197 cm³/mol. The van der Waals surface area contributed by atoms with E-state index >= 15 is 0 Å². The van der Waals surface area contributed by atoms with E-state index in [0.717, 1.165) is 80.8 Å². The molecule has 3 heterocycles. The first-order chi connectivity index (χ1) is 23.1. The fourth-order valence-electron chi connectivity index (χ4n) is 6.56. The normalized spacial score (nSPS) is 11.7. The van der Waals surface area contributed by atoms with Gasteiger partial charge < -0.3 is 9.30 Å². The standard InChI is InChI=1S/C43H42N4O.Pt/c1-8-31-23-34(47-30(4)42(29(3)45-47)33-12-10-9-11-13-33)26-36(24-31)48-35-15-16-37-38-25-32(18-20-43(5,6)7)14-17-39(38)46(40(37)27-35)41-22-28(2)19-21-44-41;/h9-17,19,21-25H,8,18,20H2,1-7H3;/q-2;+2. The van der Waals surface area contributed by atoms with E-state index < -0.39 is 0 Å². The Morgan fingerprint density at radius 1 is 0.796 bits per heavy atom. The van der Waals surface area contributed by atoms with E-state index in [0.29, 0.717) is 11.5 Å². The fourth-order valence-corrected chi connectivity index (χ4v) is 6.56. The third-order valence-corrected chi connectivity index (χ3v) is 9.11. The van der Waals surface area contributed by atoms with Crippen molar-refractivity contribution in [3.8, 4) is 34.1 Å². The molecule has 0 spiro atoms. The number of aromatic nitrogens is 4. The van der Waals surface area contributed by atoms with Gasteiger partial charge in [0, 0.05) is 34.5 Å². The second kappa shape index (κ2) is 13.8. The maximum Gasteiger partial charge on any atom is 2.00 e. The molecule has 0 saturated heterocycles. The first kappa shape index (κ1) is 34.4. The summed E-state index contributed by atoms with van der Waals surface area (Å²) < 4.78 is 10.8. The van der Waals surface area contributed by atoms with E-state index in [2.05, 4.69) is 132 Å². The van der Waals surface area contributed by atoms with Crippen molar-refractivity contribution in [3.63, 3.8) is 0 Å². The maximum absolute atomic E-state index is 6.58. The van der Waals surface area contributed by atoms with Gasteiger partial charge in [0.2, 0.25) is 0 Å². The molecule has 0 unspecified atom stereocenters. The van der Waals surface area contributed by atoms with E-state index in [9.17, 15) is 0 Å². The molecule has 0 atom stereocenters. The molecule has 0 aliphatic carbocycles. The summed E-state index contributed by atoms with van der Waals surface area (Å²) >= 11 is 0. The zero-order valence-corrected chi connectivity index (χ0v) is 31.6. The van der Waals surface area contributed by atoms with Crippen molar-refractivity contribution < 1.29 is 25.8 Å². The summed E-state index contributed by atoms with van der Waals surface area (Å²) in [6, 6.07) is 36.9. The van der Waals surface area contributed by atoms with Gasteiger partial charge in [-0.1, -0.05) is 82.1 Å². The number of hydrogen-bond acceptors (Lipinski definition) is 3. The van der Waals surface area contributed by atoms with E-state index in [1.807, 2.05) is 29.1 Å². The van der Waals surface area contributed by atoms with Crippen LogP contribution in [0.2, 0.25) is 0 Å². The molecular weight excluding hydrogens is 784 g/mol. The molecule has 7 aromatic rings. The molecule has 7 rings (SSSR count). The van der Waals surface area contributed by atoms with Crippen molar-refractivity contribution in [2.45, 2.75) is 67.7 Å². The third kappa shape index (κ3) is 7.00. The van der Waals surface area contributed by atoms with Gasteiger partial charge in [-0.3, -0.25) is 4.68 Å². The molecule has 0 N–H and O–H groups in total. The van der Waals surface area contributed by atoms with Crippen molar-refractivity contribution in [2.24, 2.45) is 5.41 Å². The van der Waals surface area contributed by atoms with E-state index in [4.69, 9.17) is 14.8 Å². The minimum atomic E-state index is 0. The van der Waals surface area contributed by atoms with Crippen LogP contribution in [0.1, 0.15) is 62.2 Å².